The lowest BCUT2D eigenvalue weighted by Crippen LogP contribution is -2.13. The van der Waals surface area contributed by atoms with Crippen LogP contribution in [0.25, 0.3) is 0 Å². The number of ether oxygens (including phenoxy) is 1. The second-order valence-electron chi connectivity index (χ2n) is 4.35. The third-order valence-corrected chi connectivity index (χ3v) is 3.23. The van der Waals surface area contributed by atoms with Crippen LogP contribution < -0.4 is 0 Å². The van der Waals surface area contributed by atoms with Gasteiger partial charge in [0, 0.05) is 7.05 Å². The Labute approximate surface area is 99.0 Å². The Morgan fingerprint density at radius 2 is 2.47 bits per heavy atom. The molecule has 0 spiro atoms. The fourth-order valence-electron chi connectivity index (χ4n) is 2.22. The molecule has 0 bridgehead atoms. The van der Waals surface area contributed by atoms with E-state index in [4.69, 9.17) is 4.74 Å². The maximum Gasteiger partial charge on any atom is 0.0997 e. The summed E-state index contributed by atoms with van der Waals surface area (Å²) in [5.41, 5.74) is 3.40. The molecule has 0 radical (unpaired) electrons. The summed E-state index contributed by atoms with van der Waals surface area (Å²) in [5, 5.41) is 14.8. The van der Waals surface area contributed by atoms with Crippen LogP contribution in [0.5, 0.6) is 0 Å². The van der Waals surface area contributed by atoms with Crippen molar-refractivity contribution >= 4 is 0 Å². The number of nitrogens with one attached hydrogen (secondary N) is 1. The Hall–Kier alpha value is -1.69. The van der Waals surface area contributed by atoms with Gasteiger partial charge in [0.05, 0.1) is 36.5 Å². The molecule has 0 saturated carbocycles. The second kappa shape index (κ2) is 4.29. The lowest BCUT2D eigenvalue weighted by atomic mass is 9.96. The normalized spacial score (nSPS) is 19.2. The third-order valence-electron chi connectivity index (χ3n) is 3.23. The van der Waals surface area contributed by atoms with Gasteiger partial charge in [0.25, 0.3) is 0 Å². The molecule has 1 aliphatic carbocycles. The van der Waals surface area contributed by atoms with E-state index in [0.29, 0.717) is 6.61 Å². The second-order valence-corrected chi connectivity index (χ2v) is 4.35. The molecule has 90 valence electrons. The topological polar surface area (TPSA) is 68.6 Å². The summed E-state index contributed by atoms with van der Waals surface area (Å²) in [5.74, 6) is 0. The molecule has 1 atom stereocenters. The van der Waals surface area contributed by atoms with E-state index < -0.39 is 0 Å². The lowest BCUT2D eigenvalue weighted by Gasteiger charge is -2.21. The molecule has 2 aromatic rings. The molecule has 0 amide bonds. The Kier molecular flexibility index (Phi) is 2.64. The first-order chi connectivity index (χ1) is 8.34. The first kappa shape index (κ1) is 10.5. The van der Waals surface area contributed by atoms with E-state index in [1.807, 2.05) is 13.2 Å². The monoisotopic (exact) mass is 233 g/mol. The van der Waals surface area contributed by atoms with Crippen LogP contribution in [0.3, 0.4) is 0 Å². The van der Waals surface area contributed by atoms with E-state index in [1.165, 1.54) is 5.56 Å². The highest BCUT2D eigenvalue weighted by Gasteiger charge is 2.22. The van der Waals surface area contributed by atoms with Gasteiger partial charge in [0.1, 0.15) is 0 Å². The number of aromatic nitrogens is 5. The molecule has 6 nitrogen and oxygen atoms in total. The minimum Gasteiger partial charge on any atom is -0.366 e. The van der Waals surface area contributed by atoms with Crippen LogP contribution >= 0.6 is 0 Å². The van der Waals surface area contributed by atoms with Gasteiger partial charge < -0.3 is 4.74 Å². The van der Waals surface area contributed by atoms with Crippen LogP contribution in [0.1, 0.15) is 35.9 Å². The standard InChI is InChI=1S/C11H15N5O/c1-16-9(6-13-15-16)7-17-10-4-2-3-8-5-12-14-11(8)10/h5-6,10H,2-4,7H2,1H3,(H,12,14). The highest BCUT2D eigenvalue weighted by atomic mass is 16.5. The summed E-state index contributed by atoms with van der Waals surface area (Å²) >= 11 is 0. The summed E-state index contributed by atoms with van der Waals surface area (Å²) in [4.78, 5) is 0. The fourth-order valence-corrected chi connectivity index (χ4v) is 2.22. The van der Waals surface area contributed by atoms with Gasteiger partial charge in [-0.25, -0.2) is 0 Å². The van der Waals surface area contributed by atoms with Crippen molar-refractivity contribution in [2.24, 2.45) is 7.05 Å². The molecule has 1 aliphatic rings. The maximum absolute atomic E-state index is 5.92. The Morgan fingerprint density at radius 1 is 1.53 bits per heavy atom. The molecule has 2 heterocycles. The van der Waals surface area contributed by atoms with E-state index in [2.05, 4.69) is 20.5 Å². The van der Waals surface area contributed by atoms with Crippen molar-refractivity contribution in [3.8, 4) is 0 Å². The van der Waals surface area contributed by atoms with Crippen LogP contribution in [0.15, 0.2) is 12.4 Å². The number of rotatable bonds is 3. The molecule has 0 fully saturated rings. The van der Waals surface area contributed by atoms with Gasteiger partial charge in [-0.3, -0.25) is 9.78 Å². The molecule has 1 unspecified atom stereocenters. The van der Waals surface area contributed by atoms with Gasteiger partial charge >= 0.3 is 0 Å². The lowest BCUT2D eigenvalue weighted by molar-refractivity contribution is 0.0222. The van der Waals surface area contributed by atoms with Crippen molar-refractivity contribution in [2.75, 3.05) is 0 Å². The average Bonchev–Trinajstić information content (AvgIpc) is 2.95. The van der Waals surface area contributed by atoms with E-state index in [0.717, 1.165) is 30.7 Å². The molecule has 0 saturated heterocycles. The number of nitrogens with zero attached hydrogens (tertiary/aromatic N) is 4. The smallest absolute Gasteiger partial charge is 0.0997 e. The zero-order valence-electron chi connectivity index (χ0n) is 9.76. The Morgan fingerprint density at radius 3 is 3.29 bits per heavy atom. The van der Waals surface area contributed by atoms with Crippen LogP contribution in [-0.2, 0) is 24.8 Å². The van der Waals surface area contributed by atoms with Gasteiger partial charge in [-0.15, -0.1) is 5.10 Å². The number of aromatic amines is 1. The molecule has 0 aliphatic heterocycles. The molecule has 0 aromatic carbocycles. The predicted octanol–water partition coefficient (Wildman–Crippen LogP) is 1.13. The van der Waals surface area contributed by atoms with Crippen LogP contribution in [-0.4, -0.2) is 25.2 Å². The van der Waals surface area contributed by atoms with Crippen molar-refractivity contribution in [1.29, 1.82) is 0 Å². The molecule has 2 aromatic heterocycles. The minimum atomic E-state index is 0.121. The highest BCUT2D eigenvalue weighted by molar-refractivity contribution is 5.21. The highest BCUT2D eigenvalue weighted by Crippen LogP contribution is 2.31. The summed E-state index contributed by atoms with van der Waals surface area (Å²) in [6, 6.07) is 0. The minimum absolute atomic E-state index is 0.121. The SMILES string of the molecule is Cn1nncc1COC1CCCc2cn[nH]c21. The zero-order valence-corrected chi connectivity index (χ0v) is 9.76. The van der Waals surface area contributed by atoms with E-state index >= 15 is 0 Å². The number of aryl methyl sites for hydroxylation is 2. The first-order valence-electron chi connectivity index (χ1n) is 5.82. The van der Waals surface area contributed by atoms with Crippen molar-refractivity contribution in [2.45, 2.75) is 32.0 Å². The van der Waals surface area contributed by atoms with Gasteiger partial charge in [0.15, 0.2) is 0 Å². The van der Waals surface area contributed by atoms with Crippen LogP contribution in [0, 0.1) is 0 Å². The number of hydrogen-bond acceptors (Lipinski definition) is 4. The molecule has 17 heavy (non-hydrogen) atoms. The van der Waals surface area contributed by atoms with Crippen LogP contribution in [0.2, 0.25) is 0 Å². The summed E-state index contributed by atoms with van der Waals surface area (Å²) in [6.07, 6.45) is 7.05. The molecule has 1 N–H and O–H groups in total. The number of H-pyrrole nitrogens is 1. The largest absolute Gasteiger partial charge is 0.366 e. The molecule has 3 rings (SSSR count). The summed E-state index contributed by atoms with van der Waals surface area (Å²) in [6.45, 7) is 0.534. The molecular weight excluding hydrogens is 218 g/mol. The zero-order chi connectivity index (χ0) is 11.7. The molecular formula is C11H15N5O. The van der Waals surface area contributed by atoms with Crippen molar-refractivity contribution < 1.29 is 4.74 Å². The van der Waals surface area contributed by atoms with Crippen molar-refractivity contribution in [1.82, 2.24) is 25.2 Å². The fraction of sp³-hybridized carbons (Fsp3) is 0.545. The van der Waals surface area contributed by atoms with Crippen molar-refractivity contribution in [3.05, 3.63) is 29.3 Å². The summed E-state index contributed by atoms with van der Waals surface area (Å²) < 4.78 is 7.65. The number of fused-ring (bicyclic) bond motifs is 1. The summed E-state index contributed by atoms with van der Waals surface area (Å²) in [7, 11) is 1.87. The maximum atomic E-state index is 5.92. The molecule has 6 heteroatoms. The van der Waals surface area contributed by atoms with Gasteiger partial charge in [-0.05, 0) is 24.8 Å². The quantitative estimate of drug-likeness (QED) is 0.863. The van der Waals surface area contributed by atoms with Crippen molar-refractivity contribution in [3.63, 3.8) is 0 Å². The van der Waals surface area contributed by atoms with Gasteiger partial charge in [-0.1, -0.05) is 5.21 Å². The van der Waals surface area contributed by atoms with E-state index in [9.17, 15) is 0 Å². The van der Waals surface area contributed by atoms with Crippen LogP contribution in [0.4, 0.5) is 0 Å². The average molecular weight is 233 g/mol. The van der Waals surface area contributed by atoms with Gasteiger partial charge in [-0.2, -0.15) is 5.10 Å². The van der Waals surface area contributed by atoms with E-state index in [-0.39, 0.29) is 6.10 Å². The third kappa shape index (κ3) is 1.95. The van der Waals surface area contributed by atoms with Gasteiger partial charge in [0.2, 0.25) is 0 Å². The Balaban J connectivity index is 1.70. The first-order valence-corrected chi connectivity index (χ1v) is 5.82. The number of hydrogen-bond donors (Lipinski definition) is 1. The van der Waals surface area contributed by atoms with E-state index in [1.54, 1.807) is 10.9 Å². The Bertz CT molecular complexity index is 503. The predicted molar refractivity (Wildman–Crippen MR) is 60.1 cm³/mol.